The molecule has 2 nitrogen and oxygen atoms in total. The lowest BCUT2D eigenvalue weighted by atomic mass is 9.94. The van der Waals surface area contributed by atoms with Crippen molar-refractivity contribution in [1.82, 2.24) is 4.98 Å². The number of halogens is 3. The predicted octanol–water partition coefficient (Wildman–Crippen LogP) is 4.02. The lowest BCUT2D eigenvalue weighted by Gasteiger charge is -2.19. The summed E-state index contributed by atoms with van der Waals surface area (Å²) in [4.78, 5) is 4.16. The van der Waals surface area contributed by atoms with Crippen LogP contribution in [-0.4, -0.2) is 4.98 Å². The Labute approximate surface area is 113 Å². The second-order valence-electron chi connectivity index (χ2n) is 4.43. The Hall–Kier alpha value is -2.30. The number of pyridine rings is 1. The fourth-order valence-corrected chi connectivity index (χ4v) is 2.13. The number of hydrogen-bond acceptors (Lipinski definition) is 2. The maximum Gasteiger partial charge on any atom is 0.416 e. The predicted molar refractivity (Wildman–Crippen MR) is 67.5 cm³/mol. The van der Waals surface area contributed by atoms with Gasteiger partial charge in [-0.25, -0.2) is 0 Å². The highest BCUT2D eigenvalue weighted by atomic mass is 19.4. The number of fused-ring (bicyclic) bond motifs is 1. The third-order valence-electron chi connectivity index (χ3n) is 3.11. The molecule has 0 aliphatic carbocycles. The van der Waals surface area contributed by atoms with Crippen molar-refractivity contribution in [1.29, 1.82) is 0 Å². The van der Waals surface area contributed by atoms with Crippen molar-refractivity contribution in [2.24, 2.45) is 0 Å². The summed E-state index contributed by atoms with van der Waals surface area (Å²) in [5.74, 6) is 0. The van der Waals surface area contributed by atoms with E-state index in [2.05, 4.69) is 4.98 Å². The Morgan fingerprint density at radius 1 is 1.10 bits per heavy atom. The molecular weight excluding hydrogens is 267 g/mol. The van der Waals surface area contributed by atoms with E-state index < -0.39 is 11.7 Å². The molecule has 0 radical (unpaired) electrons. The van der Waals surface area contributed by atoms with Crippen LogP contribution in [0.15, 0.2) is 48.9 Å². The van der Waals surface area contributed by atoms with Crippen molar-refractivity contribution < 1.29 is 17.9 Å². The topological polar surface area (TPSA) is 22.1 Å². The lowest BCUT2D eigenvalue weighted by Crippen LogP contribution is -2.09. The molecule has 0 amide bonds. The van der Waals surface area contributed by atoms with Crippen LogP contribution in [-0.2, 0) is 17.5 Å². The zero-order chi connectivity index (χ0) is 14.2. The van der Waals surface area contributed by atoms with Gasteiger partial charge in [0.2, 0.25) is 0 Å². The van der Waals surface area contributed by atoms with E-state index in [4.69, 9.17) is 4.74 Å². The molecule has 1 aromatic carbocycles. The van der Waals surface area contributed by atoms with E-state index in [0.717, 1.165) is 17.7 Å². The van der Waals surface area contributed by atoms with Gasteiger partial charge in [-0.2, -0.15) is 13.2 Å². The molecule has 1 aromatic heterocycles. The summed E-state index contributed by atoms with van der Waals surface area (Å²) in [5, 5.41) is 0. The van der Waals surface area contributed by atoms with Crippen molar-refractivity contribution in [3.8, 4) is 0 Å². The molecule has 0 saturated heterocycles. The number of aromatic nitrogens is 1. The van der Waals surface area contributed by atoms with Gasteiger partial charge in [0.25, 0.3) is 0 Å². The minimum atomic E-state index is -4.36. The van der Waals surface area contributed by atoms with Gasteiger partial charge in [0, 0.05) is 11.8 Å². The van der Waals surface area contributed by atoms with E-state index in [1.54, 1.807) is 24.4 Å². The summed E-state index contributed by atoms with van der Waals surface area (Å²) >= 11 is 0. The minimum Gasteiger partial charge on any atom is -0.496 e. The standard InChI is InChI=1S/C15H10F3NO/c16-15(17,18)11-5-4-10-8-20-9-13(12(10)7-11)14-3-1-2-6-19-14/h1-7,9H,8H2. The number of alkyl halides is 3. The van der Waals surface area contributed by atoms with Gasteiger partial charge < -0.3 is 4.74 Å². The zero-order valence-electron chi connectivity index (χ0n) is 10.3. The molecule has 102 valence electrons. The molecule has 2 aromatic rings. The molecule has 0 N–H and O–H groups in total. The smallest absolute Gasteiger partial charge is 0.416 e. The molecule has 20 heavy (non-hydrogen) atoms. The maximum atomic E-state index is 12.8. The number of hydrogen-bond donors (Lipinski definition) is 0. The first-order chi connectivity index (χ1) is 9.55. The molecule has 0 unspecified atom stereocenters. The van der Waals surface area contributed by atoms with E-state index in [1.807, 2.05) is 0 Å². The van der Waals surface area contributed by atoms with Crippen molar-refractivity contribution in [2.45, 2.75) is 12.8 Å². The first-order valence-corrected chi connectivity index (χ1v) is 5.99. The third kappa shape index (κ3) is 2.27. The van der Waals surface area contributed by atoms with Gasteiger partial charge in [0.1, 0.15) is 6.61 Å². The van der Waals surface area contributed by atoms with E-state index in [0.29, 0.717) is 16.8 Å². The first-order valence-electron chi connectivity index (χ1n) is 5.99. The first kappa shape index (κ1) is 12.7. The summed E-state index contributed by atoms with van der Waals surface area (Å²) in [6, 6.07) is 8.95. The van der Waals surface area contributed by atoms with Crippen LogP contribution in [0.1, 0.15) is 22.4 Å². The quantitative estimate of drug-likeness (QED) is 0.785. The summed E-state index contributed by atoms with van der Waals surface area (Å²) < 4.78 is 43.8. The Morgan fingerprint density at radius 2 is 1.95 bits per heavy atom. The summed E-state index contributed by atoms with van der Waals surface area (Å²) in [7, 11) is 0. The van der Waals surface area contributed by atoms with Crippen molar-refractivity contribution in [3.05, 3.63) is 71.2 Å². The molecule has 1 aliphatic rings. The summed E-state index contributed by atoms with van der Waals surface area (Å²) in [6.45, 7) is 0.268. The van der Waals surface area contributed by atoms with E-state index in [1.165, 1.54) is 12.3 Å². The van der Waals surface area contributed by atoms with Gasteiger partial charge in [0.05, 0.1) is 17.5 Å². The third-order valence-corrected chi connectivity index (χ3v) is 3.11. The second-order valence-corrected chi connectivity index (χ2v) is 4.43. The molecule has 1 aliphatic heterocycles. The molecule has 0 bridgehead atoms. The number of benzene rings is 1. The molecular formula is C15H10F3NO. The van der Waals surface area contributed by atoms with Crippen LogP contribution >= 0.6 is 0 Å². The van der Waals surface area contributed by atoms with Crippen LogP contribution in [0.25, 0.3) is 5.57 Å². The number of nitrogens with zero attached hydrogens (tertiary/aromatic N) is 1. The van der Waals surface area contributed by atoms with Crippen molar-refractivity contribution in [3.63, 3.8) is 0 Å². The van der Waals surface area contributed by atoms with E-state index in [-0.39, 0.29) is 6.61 Å². The Kier molecular flexibility index (Phi) is 2.97. The number of rotatable bonds is 1. The average molecular weight is 277 g/mol. The Bertz CT molecular complexity index is 663. The fraction of sp³-hybridized carbons (Fsp3) is 0.133. The van der Waals surface area contributed by atoms with Gasteiger partial charge in [0.15, 0.2) is 0 Å². The van der Waals surface area contributed by atoms with E-state index >= 15 is 0 Å². The highest BCUT2D eigenvalue weighted by Crippen LogP contribution is 2.35. The molecule has 0 saturated carbocycles. The van der Waals surface area contributed by atoms with Gasteiger partial charge in [-0.3, -0.25) is 4.98 Å². The monoisotopic (exact) mass is 277 g/mol. The summed E-state index contributed by atoms with van der Waals surface area (Å²) in [5.41, 5.74) is 1.73. The average Bonchev–Trinajstić information content (AvgIpc) is 2.46. The van der Waals surface area contributed by atoms with Crippen molar-refractivity contribution >= 4 is 5.57 Å². The normalized spacial score (nSPS) is 14.2. The molecule has 0 atom stereocenters. The fourth-order valence-electron chi connectivity index (χ4n) is 2.13. The van der Waals surface area contributed by atoms with Crippen LogP contribution in [0.4, 0.5) is 13.2 Å². The lowest BCUT2D eigenvalue weighted by molar-refractivity contribution is -0.137. The van der Waals surface area contributed by atoms with Crippen molar-refractivity contribution in [2.75, 3.05) is 0 Å². The van der Waals surface area contributed by atoms with Gasteiger partial charge in [-0.05, 0) is 35.4 Å². The largest absolute Gasteiger partial charge is 0.496 e. The molecule has 0 fully saturated rings. The highest BCUT2D eigenvalue weighted by molar-refractivity contribution is 5.80. The molecule has 3 rings (SSSR count). The van der Waals surface area contributed by atoms with Crippen LogP contribution in [0, 0.1) is 0 Å². The second kappa shape index (κ2) is 4.67. The molecule has 0 spiro atoms. The summed E-state index contributed by atoms with van der Waals surface area (Å²) in [6.07, 6.45) is -1.30. The van der Waals surface area contributed by atoms with Crippen LogP contribution in [0.3, 0.4) is 0 Å². The SMILES string of the molecule is FC(F)(F)c1ccc2c(c1)C(c1ccccn1)=COC2. The molecule has 2 heterocycles. The van der Waals surface area contributed by atoms with Gasteiger partial charge in [-0.1, -0.05) is 12.1 Å². The van der Waals surface area contributed by atoms with Gasteiger partial charge >= 0.3 is 6.18 Å². The number of ether oxygens (including phenoxy) is 1. The van der Waals surface area contributed by atoms with Crippen LogP contribution < -0.4 is 0 Å². The zero-order valence-corrected chi connectivity index (χ0v) is 10.3. The van der Waals surface area contributed by atoms with Crippen LogP contribution in [0.5, 0.6) is 0 Å². The van der Waals surface area contributed by atoms with Gasteiger partial charge in [-0.15, -0.1) is 0 Å². The Balaban J connectivity index is 2.12. The maximum absolute atomic E-state index is 12.8. The minimum absolute atomic E-state index is 0.268. The Morgan fingerprint density at radius 3 is 2.65 bits per heavy atom. The van der Waals surface area contributed by atoms with Crippen LogP contribution in [0.2, 0.25) is 0 Å². The van der Waals surface area contributed by atoms with E-state index in [9.17, 15) is 13.2 Å². The highest BCUT2D eigenvalue weighted by Gasteiger charge is 2.32. The molecule has 5 heteroatoms.